The van der Waals surface area contributed by atoms with Crippen LogP contribution in [0.3, 0.4) is 0 Å². The van der Waals surface area contributed by atoms with E-state index in [-0.39, 0.29) is 13.2 Å². The zero-order valence-electron chi connectivity index (χ0n) is 20.5. The molecule has 0 aliphatic carbocycles. The minimum atomic E-state index is -1.57. The average Bonchev–Trinajstić information content (AvgIpc) is 2.90. The summed E-state index contributed by atoms with van der Waals surface area (Å²) in [6, 6.07) is 20.5. The van der Waals surface area contributed by atoms with Crippen LogP contribution in [0.4, 0.5) is 5.69 Å². The molecular formula is C27H31N5O3. The third-order valence-corrected chi connectivity index (χ3v) is 5.76. The Morgan fingerprint density at radius 1 is 1.09 bits per heavy atom. The quantitative estimate of drug-likeness (QED) is 0.257. The molecule has 0 bridgehead atoms. The lowest BCUT2D eigenvalue weighted by Crippen LogP contribution is -2.41. The minimum Gasteiger partial charge on any atom is -0.481 e. The van der Waals surface area contributed by atoms with E-state index in [0.29, 0.717) is 45.4 Å². The molecule has 0 atom stereocenters. The Labute approximate surface area is 205 Å². The first kappa shape index (κ1) is 25.7. The summed E-state index contributed by atoms with van der Waals surface area (Å²) in [5, 5.41) is 33.7. The molecule has 1 heterocycles. The van der Waals surface area contributed by atoms with Crippen LogP contribution in [-0.4, -0.2) is 48.2 Å². The lowest BCUT2D eigenvalue weighted by molar-refractivity contribution is 0.117. The number of hydrogen-bond acceptors (Lipinski definition) is 7. The molecule has 0 saturated heterocycles. The third-order valence-electron chi connectivity index (χ3n) is 5.76. The van der Waals surface area contributed by atoms with Crippen molar-refractivity contribution >= 4 is 11.4 Å². The molecule has 35 heavy (non-hydrogen) atoms. The van der Waals surface area contributed by atoms with E-state index in [1.165, 1.54) is 14.2 Å². The first-order chi connectivity index (χ1) is 16.9. The molecule has 0 amide bonds. The summed E-state index contributed by atoms with van der Waals surface area (Å²) in [7, 11) is 3.07. The highest BCUT2D eigenvalue weighted by Gasteiger charge is 2.38. The number of pyridine rings is 1. The van der Waals surface area contributed by atoms with E-state index in [0.717, 1.165) is 0 Å². The fourth-order valence-corrected chi connectivity index (χ4v) is 3.98. The number of rotatable bonds is 10. The Bertz CT molecular complexity index is 1170. The Hall–Kier alpha value is -3.88. The SMILES string of the molecule is C=C(N(CCO)c1cc(/C(C)=N/N=NC)c(OC)nc1C)C(O)(c1ccccc1)c1ccccc1. The van der Waals surface area contributed by atoms with Gasteiger partial charge in [0.25, 0.3) is 0 Å². The van der Waals surface area contributed by atoms with E-state index >= 15 is 0 Å². The second kappa shape index (κ2) is 11.5. The lowest BCUT2D eigenvalue weighted by atomic mass is 9.83. The third kappa shape index (κ3) is 5.29. The van der Waals surface area contributed by atoms with Gasteiger partial charge in [-0.1, -0.05) is 67.2 Å². The van der Waals surface area contributed by atoms with Crippen molar-refractivity contribution in [3.8, 4) is 5.88 Å². The summed E-state index contributed by atoms with van der Waals surface area (Å²) in [5.74, 6) is 0.384. The van der Waals surface area contributed by atoms with Crippen molar-refractivity contribution in [1.29, 1.82) is 0 Å². The predicted molar refractivity (Wildman–Crippen MR) is 138 cm³/mol. The summed E-state index contributed by atoms with van der Waals surface area (Å²) in [6.45, 7) is 7.95. The highest BCUT2D eigenvalue weighted by atomic mass is 16.5. The van der Waals surface area contributed by atoms with Gasteiger partial charge in [-0.25, -0.2) is 4.98 Å². The monoisotopic (exact) mass is 473 g/mol. The summed E-state index contributed by atoms with van der Waals surface area (Å²) in [4.78, 5) is 6.39. The van der Waals surface area contributed by atoms with Crippen molar-refractivity contribution < 1.29 is 14.9 Å². The lowest BCUT2D eigenvalue weighted by Gasteiger charge is -2.39. The number of aliphatic hydroxyl groups excluding tert-OH is 1. The molecule has 182 valence electrons. The van der Waals surface area contributed by atoms with Crippen LogP contribution in [0.1, 0.15) is 29.3 Å². The zero-order valence-corrected chi connectivity index (χ0v) is 20.5. The molecule has 0 radical (unpaired) electrons. The fraction of sp³-hybridized carbons (Fsp3) is 0.259. The van der Waals surface area contributed by atoms with Gasteiger partial charge in [-0.15, -0.1) is 5.10 Å². The van der Waals surface area contributed by atoms with E-state index in [1.54, 1.807) is 11.8 Å². The first-order valence-corrected chi connectivity index (χ1v) is 11.2. The number of aromatic nitrogens is 1. The largest absolute Gasteiger partial charge is 0.481 e. The van der Waals surface area contributed by atoms with Crippen molar-refractivity contribution in [1.82, 2.24) is 4.98 Å². The molecule has 3 rings (SSSR count). The normalized spacial score (nSPS) is 12.1. The number of nitrogens with zero attached hydrogens (tertiary/aromatic N) is 5. The molecule has 0 unspecified atom stereocenters. The van der Waals surface area contributed by atoms with Crippen LogP contribution in [-0.2, 0) is 5.60 Å². The number of hydrogen-bond donors (Lipinski definition) is 2. The van der Waals surface area contributed by atoms with Gasteiger partial charge in [0.1, 0.15) is 0 Å². The fourth-order valence-electron chi connectivity index (χ4n) is 3.98. The zero-order chi connectivity index (χ0) is 25.4. The van der Waals surface area contributed by atoms with Gasteiger partial charge in [0.05, 0.1) is 49.1 Å². The Morgan fingerprint density at radius 2 is 1.66 bits per heavy atom. The van der Waals surface area contributed by atoms with Crippen LogP contribution in [0.25, 0.3) is 0 Å². The van der Waals surface area contributed by atoms with Crippen LogP contribution in [0.5, 0.6) is 5.88 Å². The van der Waals surface area contributed by atoms with Crippen molar-refractivity contribution in [2.75, 3.05) is 32.2 Å². The predicted octanol–water partition coefficient (Wildman–Crippen LogP) is 4.45. The van der Waals surface area contributed by atoms with Crippen LogP contribution < -0.4 is 9.64 Å². The van der Waals surface area contributed by atoms with Gasteiger partial charge in [-0.2, -0.15) is 5.11 Å². The Balaban J connectivity index is 2.22. The molecule has 0 fully saturated rings. The van der Waals surface area contributed by atoms with Gasteiger partial charge >= 0.3 is 0 Å². The van der Waals surface area contributed by atoms with Crippen LogP contribution in [0, 0.1) is 6.92 Å². The number of ether oxygens (including phenoxy) is 1. The molecule has 8 heteroatoms. The number of aryl methyl sites for hydroxylation is 1. The van der Waals surface area contributed by atoms with Gasteiger partial charge in [0.15, 0.2) is 5.60 Å². The highest BCUT2D eigenvalue weighted by molar-refractivity contribution is 6.01. The molecule has 2 aromatic carbocycles. The first-order valence-electron chi connectivity index (χ1n) is 11.2. The second-order valence-corrected chi connectivity index (χ2v) is 7.89. The number of aliphatic hydroxyl groups is 2. The molecule has 0 aliphatic rings. The molecule has 1 aromatic heterocycles. The molecule has 0 aliphatic heterocycles. The topological polar surface area (TPSA) is 103 Å². The van der Waals surface area contributed by atoms with Crippen LogP contribution >= 0.6 is 0 Å². The number of anilines is 1. The van der Waals surface area contributed by atoms with E-state index in [9.17, 15) is 10.2 Å². The van der Waals surface area contributed by atoms with Gasteiger partial charge in [0.2, 0.25) is 5.88 Å². The molecule has 2 N–H and O–H groups in total. The van der Waals surface area contributed by atoms with Crippen molar-refractivity contribution in [3.05, 3.63) is 101 Å². The molecular weight excluding hydrogens is 442 g/mol. The van der Waals surface area contributed by atoms with Gasteiger partial charge in [-0.3, -0.25) is 0 Å². The van der Waals surface area contributed by atoms with Crippen LogP contribution in [0.2, 0.25) is 0 Å². The Kier molecular flexibility index (Phi) is 8.46. The summed E-state index contributed by atoms with van der Waals surface area (Å²) < 4.78 is 5.48. The van der Waals surface area contributed by atoms with Crippen molar-refractivity contribution in [2.45, 2.75) is 19.4 Å². The standard InChI is InChI=1S/C27H31N5O3/c1-19(30-31-28-4)24-18-25(20(2)29-26(24)35-5)32(16-17-33)21(3)27(34,22-12-8-6-9-13-22)23-14-10-7-11-15-23/h6-15,18,33-34H,3,16-17H2,1-2,4-5H3/b30-19+,31-28?. The molecule has 8 nitrogen and oxygen atoms in total. The van der Waals surface area contributed by atoms with E-state index in [4.69, 9.17) is 4.74 Å². The second-order valence-electron chi connectivity index (χ2n) is 7.89. The van der Waals surface area contributed by atoms with Crippen molar-refractivity contribution in [2.24, 2.45) is 15.4 Å². The van der Waals surface area contributed by atoms with E-state index in [1.807, 2.05) is 73.7 Å². The maximum absolute atomic E-state index is 12.2. The molecule has 0 spiro atoms. The van der Waals surface area contributed by atoms with Crippen LogP contribution in [0.15, 0.2) is 94.4 Å². The highest BCUT2D eigenvalue weighted by Crippen LogP contribution is 2.40. The molecule has 3 aromatic rings. The minimum absolute atomic E-state index is 0.170. The maximum atomic E-state index is 12.2. The smallest absolute Gasteiger partial charge is 0.222 e. The molecule has 0 saturated carbocycles. The average molecular weight is 474 g/mol. The van der Waals surface area contributed by atoms with E-state index < -0.39 is 5.60 Å². The van der Waals surface area contributed by atoms with E-state index in [2.05, 4.69) is 27.0 Å². The van der Waals surface area contributed by atoms with Gasteiger partial charge < -0.3 is 19.8 Å². The number of benzene rings is 2. The van der Waals surface area contributed by atoms with Crippen molar-refractivity contribution in [3.63, 3.8) is 0 Å². The Morgan fingerprint density at radius 3 is 2.14 bits per heavy atom. The van der Waals surface area contributed by atoms with Gasteiger partial charge in [0, 0.05) is 6.54 Å². The summed E-state index contributed by atoms with van der Waals surface area (Å²) in [5.41, 5.74) is 2.55. The summed E-state index contributed by atoms with van der Waals surface area (Å²) in [6.07, 6.45) is 0. The van der Waals surface area contributed by atoms with Gasteiger partial charge in [-0.05, 0) is 36.3 Å². The number of methoxy groups -OCH3 is 1. The maximum Gasteiger partial charge on any atom is 0.222 e. The summed E-state index contributed by atoms with van der Waals surface area (Å²) >= 11 is 0.